The summed E-state index contributed by atoms with van der Waals surface area (Å²) in [6, 6.07) is 6.21. The highest BCUT2D eigenvalue weighted by Crippen LogP contribution is 2.47. The Morgan fingerprint density at radius 1 is 1.15 bits per heavy atom. The first-order valence-electron chi connectivity index (χ1n) is 8.60. The van der Waals surface area contributed by atoms with Crippen molar-refractivity contribution in [2.45, 2.75) is 24.2 Å². The summed E-state index contributed by atoms with van der Waals surface area (Å²) in [5.41, 5.74) is -0.0310. The molecule has 0 radical (unpaired) electrons. The third-order valence-electron chi connectivity index (χ3n) is 4.84. The molecule has 1 aromatic rings. The van der Waals surface area contributed by atoms with Gasteiger partial charge < -0.3 is 15.0 Å². The number of nitrogens with two attached hydrogens (primary N) is 1. The predicted molar refractivity (Wildman–Crippen MR) is 93.6 cm³/mol. The molecule has 2 aliphatic rings. The van der Waals surface area contributed by atoms with Crippen LogP contribution in [0.25, 0.3) is 0 Å². The summed E-state index contributed by atoms with van der Waals surface area (Å²) in [7, 11) is -3.71. The molecule has 1 aromatic carbocycles. The molecular formula is C17H23N3O5S. The lowest BCUT2D eigenvalue weighted by atomic mass is 10.0. The minimum absolute atomic E-state index is 0.0540. The van der Waals surface area contributed by atoms with Crippen LogP contribution >= 0.6 is 0 Å². The van der Waals surface area contributed by atoms with Gasteiger partial charge in [-0.1, -0.05) is 12.1 Å². The summed E-state index contributed by atoms with van der Waals surface area (Å²) in [6.07, 6.45) is 1.70. The van der Waals surface area contributed by atoms with E-state index in [4.69, 9.17) is 9.88 Å². The number of morpholine rings is 1. The second-order valence-electron chi connectivity index (χ2n) is 6.68. The summed E-state index contributed by atoms with van der Waals surface area (Å²) in [5, 5.41) is 7.90. The minimum atomic E-state index is -3.71. The number of carbonyl (C=O) groups is 2. The quantitative estimate of drug-likeness (QED) is 0.652. The Bertz CT molecular complexity index is 781. The number of benzene rings is 1. The van der Waals surface area contributed by atoms with Crippen LogP contribution in [0.2, 0.25) is 0 Å². The lowest BCUT2D eigenvalue weighted by molar-refractivity contribution is -0.147. The van der Waals surface area contributed by atoms with Gasteiger partial charge in [0.25, 0.3) is 0 Å². The number of carbonyl (C=O) groups excluding carboxylic acids is 2. The van der Waals surface area contributed by atoms with Gasteiger partial charge in [-0.15, -0.1) is 0 Å². The van der Waals surface area contributed by atoms with Crippen LogP contribution in [0.4, 0.5) is 0 Å². The number of rotatable bonds is 6. The monoisotopic (exact) mass is 381 g/mol. The first-order chi connectivity index (χ1) is 12.3. The van der Waals surface area contributed by atoms with E-state index >= 15 is 0 Å². The average molecular weight is 381 g/mol. The van der Waals surface area contributed by atoms with Crippen LogP contribution in [0.5, 0.6) is 0 Å². The van der Waals surface area contributed by atoms with Gasteiger partial charge in [0.15, 0.2) is 0 Å². The molecule has 0 unspecified atom stereocenters. The highest BCUT2D eigenvalue weighted by atomic mass is 32.2. The Balaban J connectivity index is 1.51. The van der Waals surface area contributed by atoms with Crippen molar-refractivity contribution in [2.24, 2.45) is 10.6 Å². The van der Waals surface area contributed by atoms with Crippen LogP contribution in [0.3, 0.4) is 0 Å². The molecule has 0 atom stereocenters. The first-order valence-corrected chi connectivity index (χ1v) is 10.1. The summed E-state index contributed by atoms with van der Waals surface area (Å²) in [4.78, 5) is 26.9. The number of nitrogens with one attached hydrogen (secondary N) is 1. The van der Waals surface area contributed by atoms with Crippen molar-refractivity contribution in [3.8, 4) is 0 Å². The van der Waals surface area contributed by atoms with E-state index in [-0.39, 0.29) is 16.7 Å². The molecule has 3 rings (SSSR count). The van der Waals surface area contributed by atoms with Crippen molar-refractivity contribution < 1.29 is 22.7 Å². The Labute approximate surface area is 152 Å². The van der Waals surface area contributed by atoms with Crippen LogP contribution in [0.1, 0.15) is 18.4 Å². The lowest BCUT2D eigenvalue weighted by Gasteiger charge is -2.30. The first kappa shape index (κ1) is 18.8. The molecule has 1 aliphatic heterocycles. The van der Waals surface area contributed by atoms with E-state index in [9.17, 15) is 18.0 Å². The van der Waals surface area contributed by atoms with Crippen molar-refractivity contribution in [3.63, 3.8) is 0 Å². The van der Waals surface area contributed by atoms with E-state index in [1.807, 2.05) is 0 Å². The van der Waals surface area contributed by atoms with Crippen molar-refractivity contribution in [1.82, 2.24) is 10.2 Å². The Kier molecular flexibility index (Phi) is 5.31. The molecule has 1 aliphatic carbocycles. The standard InChI is InChI=1S/C17H23N3O5S/c18-26(23,24)14-3-1-13(2-4-14)5-8-19-15(21)17(6-7-17)16(22)20-9-11-25-12-10-20/h1-4H,5-12H2,(H,19,21)(H2,18,23,24). The molecule has 0 bridgehead atoms. The smallest absolute Gasteiger partial charge is 0.238 e. The SMILES string of the molecule is NS(=O)(=O)c1ccc(CCNC(=O)C2(C(=O)N3CCOCC3)CC2)cc1. The number of amides is 2. The fourth-order valence-electron chi connectivity index (χ4n) is 3.07. The van der Waals surface area contributed by atoms with Crippen LogP contribution < -0.4 is 10.5 Å². The maximum atomic E-state index is 12.6. The van der Waals surface area contributed by atoms with Gasteiger partial charge in [0.05, 0.1) is 18.1 Å². The van der Waals surface area contributed by atoms with Gasteiger partial charge in [-0.2, -0.15) is 0 Å². The number of nitrogens with zero attached hydrogens (tertiary/aromatic N) is 1. The topological polar surface area (TPSA) is 119 Å². The zero-order valence-electron chi connectivity index (χ0n) is 14.4. The van der Waals surface area contributed by atoms with E-state index in [1.165, 1.54) is 12.1 Å². The van der Waals surface area contributed by atoms with E-state index in [2.05, 4.69) is 5.32 Å². The van der Waals surface area contributed by atoms with Gasteiger partial charge in [0.1, 0.15) is 5.41 Å². The molecule has 2 fully saturated rings. The molecule has 2 amide bonds. The third kappa shape index (κ3) is 4.05. The van der Waals surface area contributed by atoms with Gasteiger partial charge in [-0.3, -0.25) is 9.59 Å². The number of primary sulfonamides is 1. The largest absolute Gasteiger partial charge is 0.378 e. The summed E-state index contributed by atoms with van der Waals surface area (Å²) < 4.78 is 27.7. The summed E-state index contributed by atoms with van der Waals surface area (Å²) >= 11 is 0. The van der Waals surface area contributed by atoms with E-state index in [1.54, 1.807) is 17.0 Å². The zero-order chi connectivity index (χ0) is 18.8. The minimum Gasteiger partial charge on any atom is -0.378 e. The average Bonchev–Trinajstić information content (AvgIpc) is 3.43. The Morgan fingerprint density at radius 3 is 2.31 bits per heavy atom. The fraction of sp³-hybridized carbons (Fsp3) is 0.529. The Hall–Kier alpha value is -1.97. The fourth-order valence-corrected chi connectivity index (χ4v) is 3.58. The van der Waals surface area contributed by atoms with Crippen LogP contribution in [-0.4, -0.2) is 58.0 Å². The second-order valence-corrected chi connectivity index (χ2v) is 8.24. The number of sulfonamides is 1. The molecule has 1 saturated heterocycles. The van der Waals surface area contributed by atoms with Gasteiger partial charge in [0.2, 0.25) is 21.8 Å². The van der Waals surface area contributed by atoms with E-state index in [0.717, 1.165) is 5.56 Å². The van der Waals surface area contributed by atoms with Crippen LogP contribution in [0, 0.1) is 5.41 Å². The highest BCUT2D eigenvalue weighted by molar-refractivity contribution is 7.89. The molecule has 9 heteroatoms. The number of hydrogen-bond acceptors (Lipinski definition) is 5. The van der Waals surface area contributed by atoms with Crippen molar-refractivity contribution in [2.75, 3.05) is 32.8 Å². The highest BCUT2D eigenvalue weighted by Gasteiger charge is 2.57. The summed E-state index contributed by atoms with van der Waals surface area (Å²) in [5.74, 6) is -0.328. The third-order valence-corrected chi connectivity index (χ3v) is 5.77. The maximum absolute atomic E-state index is 12.6. The molecular weight excluding hydrogens is 358 g/mol. The van der Waals surface area contributed by atoms with Crippen LogP contribution in [0.15, 0.2) is 29.2 Å². The molecule has 142 valence electrons. The van der Waals surface area contributed by atoms with E-state index in [0.29, 0.717) is 52.1 Å². The predicted octanol–water partition coefficient (Wildman–Crippen LogP) is -0.368. The number of ether oxygens (including phenoxy) is 1. The van der Waals surface area contributed by atoms with Crippen molar-refractivity contribution >= 4 is 21.8 Å². The Morgan fingerprint density at radius 2 is 1.77 bits per heavy atom. The lowest BCUT2D eigenvalue weighted by Crippen LogP contribution is -2.49. The van der Waals surface area contributed by atoms with Crippen molar-refractivity contribution in [1.29, 1.82) is 0 Å². The molecule has 3 N–H and O–H groups in total. The normalized spacial score (nSPS) is 19.0. The van der Waals surface area contributed by atoms with Crippen molar-refractivity contribution in [3.05, 3.63) is 29.8 Å². The van der Waals surface area contributed by atoms with Gasteiger partial charge in [-0.25, -0.2) is 13.6 Å². The molecule has 26 heavy (non-hydrogen) atoms. The van der Waals surface area contributed by atoms with Crippen LogP contribution in [-0.2, 0) is 30.8 Å². The molecule has 0 aromatic heterocycles. The molecule has 1 heterocycles. The second kappa shape index (κ2) is 7.34. The zero-order valence-corrected chi connectivity index (χ0v) is 15.3. The van der Waals surface area contributed by atoms with Gasteiger partial charge in [-0.05, 0) is 37.0 Å². The number of hydrogen-bond donors (Lipinski definition) is 2. The molecule has 0 spiro atoms. The summed E-state index contributed by atoms with van der Waals surface area (Å²) in [6.45, 7) is 2.47. The maximum Gasteiger partial charge on any atom is 0.238 e. The van der Waals surface area contributed by atoms with E-state index < -0.39 is 15.4 Å². The molecule has 1 saturated carbocycles. The van der Waals surface area contributed by atoms with Gasteiger partial charge >= 0.3 is 0 Å². The van der Waals surface area contributed by atoms with Gasteiger partial charge in [0, 0.05) is 19.6 Å². The molecule has 8 nitrogen and oxygen atoms in total.